The van der Waals surface area contributed by atoms with Gasteiger partial charge in [0.2, 0.25) is 5.91 Å². The molecule has 2 fully saturated rings. The molecule has 0 bridgehead atoms. The molecule has 202 valence electrons. The third-order valence-corrected chi connectivity index (χ3v) is 6.78. The van der Waals surface area contributed by atoms with Crippen molar-refractivity contribution in [2.45, 2.75) is 57.0 Å². The van der Waals surface area contributed by atoms with Crippen molar-refractivity contribution in [3.05, 3.63) is 58.6 Å². The monoisotopic (exact) mass is 550 g/mol. The topological polar surface area (TPSA) is 127 Å². The van der Waals surface area contributed by atoms with Gasteiger partial charge in [-0.25, -0.2) is 4.79 Å². The van der Waals surface area contributed by atoms with E-state index < -0.39 is 17.7 Å². The molecule has 38 heavy (non-hydrogen) atoms. The lowest BCUT2D eigenvalue weighted by atomic mass is 9.84. The highest BCUT2D eigenvalue weighted by Gasteiger charge is 2.44. The maximum atomic E-state index is 13.2. The predicted octanol–water partition coefficient (Wildman–Crippen LogP) is 5.05. The number of nitrogens with one attached hydrogen (secondary N) is 2. The molecule has 2 aliphatic rings. The fourth-order valence-electron chi connectivity index (χ4n) is 4.57. The van der Waals surface area contributed by atoms with Gasteiger partial charge in [-0.2, -0.15) is 18.4 Å². The van der Waals surface area contributed by atoms with Crippen LogP contribution in [0.25, 0.3) is 11.1 Å². The molecule has 2 aromatic rings. The summed E-state index contributed by atoms with van der Waals surface area (Å²) in [6, 6.07) is 15.1. The number of alkyl halides is 3. The smallest absolute Gasteiger partial charge is 0.475 e. The Bertz CT molecular complexity index is 1260. The Balaban J connectivity index is 0.000000505. The van der Waals surface area contributed by atoms with Crippen LogP contribution >= 0.6 is 11.6 Å². The van der Waals surface area contributed by atoms with Crippen molar-refractivity contribution in [1.29, 1.82) is 10.7 Å². The van der Waals surface area contributed by atoms with Crippen molar-refractivity contribution in [3.63, 3.8) is 0 Å². The average Bonchev–Trinajstić information content (AvgIpc) is 2.83. The van der Waals surface area contributed by atoms with Crippen molar-refractivity contribution in [2.24, 2.45) is 0 Å². The second-order valence-electron chi connectivity index (χ2n) is 9.27. The SMILES string of the molecule is C[C@H]1C[C@@H](N2C(=N)N[C@](C)(c3cccc(-c4cccc(C#N)c4)c3Cl)CC2=O)CCO1.O=C(O)C(F)(F)F. The third-order valence-electron chi connectivity index (χ3n) is 6.37. The third kappa shape index (κ3) is 6.44. The molecule has 12 heteroatoms. The first-order chi connectivity index (χ1) is 17.8. The summed E-state index contributed by atoms with van der Waals surface area (Å²) in [5, 5.41) is 28.7. The Kier molecular flexibility index (Phi) is 8.69. The van der Waals surface area contributed by atoms with Crippen LogP contribution in [0.3, 0.4) is 0 Å². The number of carboxylic acids is 1. The van der Waals surface area contributed by atoms with E-state index in [1.807, 2.05) is 44.2 Å². The molecule has 0 radical (unpaired) electrons. The zero-order valence-corrected chi connectivity index (χ0v) is 21.4. The average molecular weight is 551 g/mol. The summed E-state index contributed by atoms with van der Waals surface area (Å²) in [6.07, 6.45) is -3.37. The minimum absolute atomic E-state index is 0.0312. The molecule has 2 saturated heterocycles. The van der Waals surface area contributed by atoms with Crippen LogP contribution in [0.1, 0.15) is 44.2 Å². The molecule has 4 rings (SSSR count). The van der Waals surface area contributed by atoms with Crippen LogP contribution in [-0.2, 0) is 19.9 Å². The maximum absolute atomic E-state index is 13.2. The highest BCUT2D eigenvalue weighted by atomic mass is 35.5. The predicted molar refractivity (Wildman–Crippen MR) is 133 cm³/mol. The van der Waals surface area contributed by atoms with Crippen LogP contribution in [-0.4, -0.2) is 52.8 Å². The van der Waals surface area contributed by atoms with E-state index in [-0.39, 0.29) is 30.4 Å². The van der Waals surface area contributed by atoms with Gasteiger partial charge in [0.05, 0.1) is 34.7 Å². The number of nitrogens with zero attached hydrogens (tertiary/aromatic N) is 2. The van der Waals surface area contributed by atoms with E-state index in [0.717, 1.165) is 29.5 Å². The molecule has 0 aromatic heterocycles. The molecule has 3 N–H and O–H groups in total. The lowest BCUT2D eigenvalue weighted by Gasteiger charge is -2.45. The Morgan fingerprint density at radius 3 is 2.55 bits per heavy atom. The number of carbonyl (C=O) groups excluding carboxylic acids is 1. The quantitative estimate of drug-likeness (QED) is 0.491. The Morgan fingerprint density at radius 1 is 1.32 bits per heavy atom. The Labute approximate surface area is 222 Å². The number of ether oxygens (including phenoxy) is 1. The van der Waals surface area contributed by atoms with E-state index in [4.69, 9.17) is 31.6 Å². The molecule has 8 nitrogen and oxygen atoms in total. The van der Waals surface area contributed by atoms with Crippen molar-refractivity contribution >= 4 is 29.4 Å². The summed E-state index contributed by atoms with van der Waals surface area (Å²) in [7, 11) is 0. The molecule has 2 aromatic carbocycles. The molecule has 0 unspecified atom stereocenters. The van der Waals surface area contributed by atoms with Crippen molar-refractivity contribution in [2.75, 3.05) is 6.61 Å². The second kappa shape index (κ2) is 11.4. The first kappa shape index (κ1) is 28.9. The second-order valence-corrected chi connectivity index (χ2v) is 9.65. The van der Waals surface area contributed by atoms with Crippen LogP contribution in [0, 0.1) is 16.7 Å². The number of hydrogen-bond donors (Lipinski definition) is 3. The van der Waals surface area contributed by atoms with Crippen LogP contribution in [0.5, 0.6) is 0 Å². The van der Waals surface area contributed by atoms with E-state index in [2.05, 4.69) is 11.4 Å². The molecular formula is C26H26ClF3N4O4. The van der Waals surface area contributed by atoms with Crippen LogP contribution in [0.2, 0.25) is 5.02 Å². The van der Waals surface area contributed by atoms with Crippen molar-refractivity contribution in [1.82, 2.24) is 10.2 Å². The molecule has 0 aliphatic carbocycles. The van der Waals surface area contributed by atoms with Crippen LogP contribution in [0.4, 0.5) is 13.2 Å². The van der Waals surface area contributed by atoms with Gasteiger partial charge in [-0.3, -0.25) is 15.1 Å². The van der Waals surface area contributed by atoms with Gasteiger partial charge in [-0.1, -0.05) is 41.9 Å². The summed E-state index contributed by atoms with van der Waals surface area (Å²) in [4.78, 5) is 23.6. The fraction of sp³-hybridized carbons (Fsp3) is 0.385. The first-order valence-electron chi connectivity index (χ1n) is 11.7. The summed E-state index contributed by atoms with van der Waals surface area (Å²) >= 11 is 6.83. The van der Waals surface area contributed by atoms with Gasteiger partial charge in [0, 0.05) is 18.2 Å². The number of guanidine groups is 1. The molecule has 1 amide bonds. The van der Waals surface area contributed by atoms with Gasteiger partial charge in [0.15, 0.2) is 5.96 Å². The fourth-order valence-corrected chi connectivity index (χ4v) is 5.02. The number of carbonyl (C=O) groups is 2. The number of aliphatic carboxylic acids is 1. The zero-order chi connectivity index (χ0) is 28.3. The van der Waals surface area contributed by atoms with E-state index >= 15 is 0 Å². The Hall–Kier alpha value is -3.62. The minimum atomic E-state index is -5.08. The summed E-state index contributed by atoms with van der Waals surface area (Å²) in [5.74, 6) is -2.74. The van der Waals surface area contributed by atoms with Crippen LogP contribution < -0.4 is 5.32 Å². The molecule has 2 aliphatic heterocycles. The molecule has 3 atom stereocenters. The largest absolute Gasteiger partial charge is 0.490 e. The van der Waals surface area contributed by atoms with E-state index in [9.17, 15) is 23.2 Å². The summed E-state index contributed by atoms with van der Waals surface area (Å²) in [6.45, 7) is 4.49. The first-order valence-corrected chi connectivity index (χ1v) is 12.0. The number of carboxylic acid groups (broad SMARTS) is 1. The zero-order valence-electron chi connectivity index (χ0n) is 20.6. The number of halogens is 4. The van der Waals surface area contributed by atoms with E-state index in [1.165, 1.54) is 0 Å². The molecule has 2 heterocycles. The van der Waals surface area contributed by atoms with Gasteiger partial charge in [0.25, 0.3) is 0 Å². The van der Waals surface area contributed by atoms with Crippen LogP contribution in [0.15, 0.2) is 42.5 Å². The van der Waals surface area contributed by atoms with Gasteiger partial charge >= 0.3 is 12.1 Å². The standard InChI is InChI=1S/C24H25ClN4O2.C2HF3O2/c1-15-11-18(9-10-31-15)29-21(30)13-24(2,28-23(29)27)20-8-4-7-19(22(20)25)17-6-3-5-16(12-17)14-26;3-2(4,5)1(6)7/h3-8,12,15,18H,9-11,13H2,1-2H3,(H2,27,28);(H,6,7)/t15-,18-,24-;/m0./s1. The molecular weight excluding hydrogens is 525 g/mol. The Morgan fingerprint density at radius 2 is 1.97 bits per heavy atom. The van der Waals surface area contributed by atoms with Crippen molar-refractivity contribution in [3.8, 4) is 17.2 Å². The minimum Gasteiger partial charge on any atom is -0.475 e. The maximum Gasteiger partial charge on any atom is 0.490 e. The molecule has 0 saturated carbocycles. The highest BCUT2D eigenvalue weighted by Crippen LogP contribution is 2.40. The number of rotatable bonds is 3. The van der Waals surface area contributed by atoms with E-state index in [1.54, 1.807) is 17.0 Å². The van der Waals surface area contributed by atoms with Gasteiger partial charge in [-0.15, -0.1) is 0 Å². The van der Waals surface area contributed by atoms with Gasteiger partial charge in [0.1, 0.15) is 0 Å². The lowest BCUT2D eigenvalue weighted by Crippen LogP contribution is -2.63. The van der Waals surface area contributed by atoms with Gasteiger partial charge < -0.3 is 15.2 Å². The molecule has 0 spiro atoms. The lowest BCUT2D eigenvalue weighted by molar-refractivity contribution is -0.192. The summed E-state index contributed by atoms with van der Waals surface area (Å²) < 4.78 is 37.3. The summed E-state index contributed by atoms with van der Waals surface area (Å²) in [5.41, 5.74) is 2.14. The normalized spacial score (nSPS) is 23.6. The number of nitriles is 1. The number of benzene rings is 2. The van der Waals surface area contributed by atoms with E-state index in [0.29, 0.717) is 17.2 Å². The van der Waals surface area contributed by atoms with Crippen molar-refractivity contribution < 1.29 is 32.6 Å². The number of hydrogen-bond acceptors (Lipinski definition) is 5. The number of amides is 1. The highest BCUT2D eigenvalue weighted by molar-refractivity contribution is 6.34. The van der Waals surface area contributed by atoms with Gasteiger partial charge in [-0.05, 0) is 49.9 Å².